The lowest BCUT2D eigenvalue weighted by Gasteiger charge is -2.11. The number of hydrogen-bond acceptors (Lipinski definition) is 0. The molecular formula is C94H70. The number of rotatable bonds is 20. The highest BCUT2D eigenvalue weighted by Crippen LogP contribution is 2.33. The van der Waals surface area contributed by atoms with Crippen LogP contribution in [0.5, 0.6) is 0 Å². The molecule has 446 valence electrons. The molecule has 0 saturated carbocycles. The molecule has 0 aromatic heterocycles. The Balaban J connectivity index is 0.878. The van der Waals surface area contributed by atoms with Crippen molar-refractivity contribution in [3.8, 4) is 0 Å². The summed E-state index contributed by atoms with van der Waals surface area (Å²) in [6.45, 7) is 0. The fraction of sp³-hybridized carbons (Fsp3) is 0. The molecule has 0 spiro atoms. The van der Waals surface area contributed by atoms with Crippen LogP contribution in [0.4, 0.5) is 0 Å². The van der Waals surface area contributed by atoms with Crippen LogP contribution in [0.15, 0.2) is 352 Å². The molecular weight excluding hydrogens is 1130 g/mol. The first kappa shape index (κ1) is 60.7. The Morgan fingerprint density at radius 3 is 0.426 bits per heavy atom. The number of benzene rings is 13. The Labute approximate surface area is 554 Å². The molecule has 0 fully saturated rings. The third-order valence-electron chi connectivity index (χ3n) is 16.8. The van der Waals surface area contributed by atoms with E-state index < -0.39 is 0 Å². The van der Waals surface area contributed by atoms with E-state index in [-0.39, 0.29) is 0 Å². The predicted molar refractivity (Wildman–Crippen MR) is 407 cm³/mol. The zero-order valence-electron chi connectivity index (χ0n) is 52.4. The SMILES string of the molecule is C(=C(c1ccccc1)c1ccccc1)c1ccc(/C=C/c2cc(/C=C/c3ccc(C=C(c4ccccc4)c4ccccc4)cc3)c(/C=C/c3ccc(C=C(c4ccccc4)c4ccccc4)cc3)cc2/C=C/c2ccc(C=C(c3ccccc3)c3ccccc3)cc2)cc1. The van der Waals surface area contributed by atoms with Gasteiger partial charge in [0.05, 0.1) is 0 Å². The van der Waals surface area contributed by atoms with Gasteiger partial charge < -0.3 is 0 Å². The molecule has 13 aromatic rings. The maximum atomic E-state index is 2.34. The van der Waals surface area contributed by atoms with Crippen molar-refractivity contribution in [3.05, 3.63) is 463 Å². The molecule has 13 aromatic carbocycles. The van der Waals surface area contributed by atoms with Crippen molar-refractivity contribution in [2.24, 2.45) is 0 Å². The molecule has 0 aliphatic rings. The molecule has 0 amide bonds. The van der Waals surface area contributed by atoms with E-state index in [9.17, 15) is 0 Å². The summed E-state index contributed by atoms with van der Waals surface area (Å²) >= 11 is 0. The lowest BCUT2D eigenvalue weighted by Crippen LogP contribution is -1.90. The van der Waals surface area contributed by atoms with Crippen LogP contribution in [0.3, 0.4) is 0 Å². The second kappa shape index (κ2) is 30.5. The first-order valence-electron chi connectivity index (χ1n) is 32.2. The van der Waals surface area contributed by atoms with Crippen LogP contribution in [0.1, 0.15) is 111 Å². The highest BCUT2D eigenvalue weighted by molar-refractivity contribution is 5.95. The average molecular weight is 1200 g/mol. The highest BCUT2D eigenvalue weighted by atomic mass is 14.2. The normalized spacial score (nSPS) is 11.2. The van der Waals surface area contributed by atoms with Crippen LogP contribution in [0.2, 0.25) is 0 Å². The third kappa shape index (κ3) is 16.0. The number of hydrogen-bond donors (Lipinski definition) is 0. The zero-order chi connectivity index (χ0) is 63.4. The first-order valence-corrected chi connectivity index (χ1v) is 32.2. The van der Waals surface area contributed by atoms with Crippen molar-refractivity contribution in [3.63, 3.8) is 0 Å². The largest absolute Gasteiger partial charge is 0.0622 e. The monoisotopic (exact) mass is 1200 g/mol. The van der Waals surface area contributed by atoms with E-state index in [0.717, 1.165) is 66.8 Å². The van der Waals surface area contributed by atoms with Gasteiger partial charge in [0.15, 0.2) is 0 Å². The van der Waals surface area contributed by atoms with Crippen molar-refractivity contribution < 1.29 is 0 Å². The Bertz CT molecular complexity index is 4050. The van der Waals surface area contributed by atoms with Crippen molar-refractivity contribution in [1.82, 2.24) is 0 Å². The first-order chi connectivity index (χ1) is 46.6. The van der Waals surface area contributed by atoms with E-state index >= 15 is 0 Å². The second-order valence-corrected chi connectivity index (χ2v) is 23.3. The van der Waals surface area contributed by atoms with Gasteiger partial charge in [-0.05, 0) is 170 Å². The van der Waals surface area contributed by atoms with Gasteiger partial charge in [0.2, 0.25) is 0 Å². The molecule has 94 heavy (non-hydrogen) atoms. The topological polar surface area (TPSA) is 0 Å². The van der Waals surface area contributed by atoms with E-state index in [1.807, 2.05) is 0 Å². The standard InChI is InChI=1S/C94H70/c1-9-25-79(26-10-1)91(80-27-11-2-12-28-80)65-75-49-41-71(42-50-75)57-61-87-69-89(63-59-73-45-53-77(54-46-73)67-93(83-33-17-5-18-34-83)84-35-19-6-20-36-84)90(64-60-74-47-55-78(56-48-74)68-94(85-37-21-7-22-38-85)86-39-23-8-24-40-86)70-88(87)62-58-72-43-51-76(52-44-72)66-92(81-29-13-3-14-30-81)82-31-15-4-16-32-82/h1-70H/b61-57+,62-58+,63-59+,64-60+. The Kier molecular flexibility index (Phi) is 19.7. The summed E-state index contributed by atoms with van der Waals surface area (Å²) in [5.41, 5.74) is 27.6. The minimum Gasteiger partial charge on any atom is -0.0622 e. The van der Waals surface area contributed by atoms with Gasteiger partial charge in [0.1, 0.15) is 0 Å². The molecule has 0 N–H and O–H groups in total. The molecule has 0 aliphatic heterocycles. The van der Waals surface area contributed by atoms with Gasteiger partial charge in [-0.2, -0.15) is 0 Å². The molecule has 0 unspecified atom stereocenters. The molecule has 0 heterocycles. The lowest BCUT2D eigenvalue weighted by molar-refractivity contribution is 1.54. The van der Waals surface area contributed by atoms with Crippen molar-refractivity contribution in [1.29, 1.82) is 0 Å². The van der Waals surface area contributed by atoms with E-state index in [0.29, 0.717) is 0 Å². The molecule has 13 rings (SSSR count). The maximum Gasteiger partial charge on any atom is -0.0105 e. The molecule has 0 nitrogen and oxygen atoms in total. The molecule has 0 atom stereocenters. The summed E-state index contributed by atoms with van der Waals surface area (Å²) in [6, 6.07) is 125. The third-order valence-corrected chi connectivity index (χ3v) is 16.8. The van der Waals surface area contributed by atoms with Crippen LogP contribution in [-0.4, -0.2) is 0 Å². The average Bonchev–Trinajstić information content (AvgIpc) is 2.29. The van der Waals surface area contributed by atoms with Gasteiger partial charge in [-0.1, -0.05) is 388 Å². The lowest BCUT2D eigenvalue weighted by atomic mass is 9.94. The summed E-state index contributed by atoms with van der Waals surface area (Å²) in [4.78, 5) is 0. The van der Waals surface area contributed by atoms with Crippen LogP contribution in [0, 0.1) is 0 Å². The van der Waals surface area contributed by atoms with Gasteiger partial charge >= 0.3 is 0 Å². The van der Waals surface area contributed by atoms with Gasteiger partial charge in [-0.15, -0.1) is 0 Å². The summed E-state index contributed by atoms with van der Waals surface area (Å²) < 4.78 is 0. The molecule has 0 radical (unpaired) electrons. The van der Waals surface area contributed by atoms with Crippen LogP contribution in [-0.2, 0) is 0 Å². The van der Waals surface area contributed by atoms with Gasteiger partial charge in [-0.3, -0.25) is 0 Å². The van der Waals surface area contributed by atoms with Gasteiger partial charge in [0.25, 0.3) is 0 Å². The molecule has 0 bridgehead atoms. The van der Waals surface area contributed by atoms with E-state index in [4.69, 9.17) is 0 Å². The van der Waals surface area contributed by atoms with Crippen LogP contribution >= 0.6 is 0 Å². The van der Waals surface area contributed by atoms with E-state index in [1.54, 1.807) is 0 Å². The summed E-state index contributed by atoms with van der Waals surface area (Å²) in [7, 11) is 0. The zero-order valence-corrected chi connectivity index (χ0v) is 52.4. The highest BCUT2D eigenvalue weighted by Gasteiger charge is 2.11. The summed E-state index contributed by atoms with van der Waals surface area (Å²) in [6.07, 6.45) is 27.2. The van der Waals surface area contributed by atoms with E-state index in [2.05, 4.69) is 425 Å². The Hall–Kier alpha value is -12.2. The van der Waals surface area contributed by atoms with Crippen LogP contribution in [0.25, 0.3) is 95.2 Å². The van der Waals surface area contributed by atoms with Crippen molar-refractivity contribution in [2.45, 2.75) is 0 Å². The van der Waals surface area contributed by atoms with Gasteiger partial charge in [-0.25, -0.2) is 0 Å². The minimum absolute atomic E-state index is 1.10. The maximum absolute atomic E-state index is 2.34. The van der Waals surface area contributed by atoms with Gasteiger partial charge in [0, 0.05) is 0 Å². The summed E-state index contributed by atoms with van der Waals surface area (Å²) in [5.74, 6) is 0. The Morgan fingerprint density at radius 1 is 0.138 bits per heavy atom. The molecule has 0 saturated heterocycles. The smallest absolute Gasteiger partial charge is 0.0105 e. The second-order valence-electron chi connectivity index (χ2n) is 23.3. The van der Waals surface area contributed by atoms with Crippen molar-refractivity contribution in [2.75, 3.05) is 0 Å². The predicted octanol–water partition coefficient (Wildman–Crippen LogP) is 24.7. The molecule has 0 heteroatoms. The van der Waals surface area contributed by atoms with E-state index in [1.165, 1.54) is 66.8 Å². The fourth-order valence-electron chi connectivity index (χ4n) is 11.7. The molecule has 0 aliphatic carbocycles. The summed E-state index contributed by atoms with van der Waals surface area (Å²) in [5, 5.41) is 0. The van der Waals surface area contributed by atoms with Crippen LogP contribution < -0.4 is 0 Å². The van der Waals surface area contributed by atoms with Crippen molar-refractivity contribution >= 4 is 95.2 Å². The fourth-order valence-corrected chi connectivity index (χ4v) is 11.7. The minimum atomic E-state index is 1.10. The Morgan fingerprint density at radius 2 is 0.277 bits per heavy atom. The quantitative estimate of drug-likeness (QED) is 0.0667.